The van der Waals surface area contributed by atoms with Crippen LogP contribution in [0.3, 0.4) is 0 Å². The zero-order chi connectivity index (χ0) is 24.1. The van der Waals surface area contributed by atoms with E-state index in [1.165, 1.54) is 27.9 Å². The van der Waals surface area contributed by atoms with Crippen LogP contribution in [0.25, 0.3) is 11.3 Å². The lowest BCUT2D eigenvalue weighted by molar-refractivity contribution is 0.117. The molecule has 1 fully saturated rings. The first-order chi connectivity index (χ1) is 16.5. The largest absolute Gasteiger partial charge is 0.376 e. The maximum Gasteiger partial charge on any atom is 0.206 e. The van der Waals surface area contributed by atoms with Gasteiger partial charge in [-0.25, -0.2) is 4.68 Å². The van der Waals surface area contributed by atoms with Crippen LogP contribution in [-0.4, -0.2) is 43.2 Å². The summed E-state index contributed by atoms with van der Waals surface area (Å²) in [7, 11) is 0. The van der Waals surface area contributed by atoms with Crippen molar-refractivity contribution in [2.45, 2.75) is 53.6 Å². The molecule has 3 aromatic rings. The zero-order valence-corrected chi connectivity index (χ0v) is 21.9. The lowest BCUT2D eigenvalue weighted by atomic mass is 9.99. The van der Waals surface area contributed by atoms with Crippen molar-refractivity contribution in [1.29, 1.82) is 0 Å². The number of hydrogen-bond donors (Lipinski definition) is 0. The van der Waals surface area contributed by atoms with Crippen LogP contribution in [0.2, 0.25) is 0 Å². The van der Waals surface area contributed by atoms with Crippen molar-refractivity contribution in [3.63, 3.8) is 0 Å². The summed E-state index contributed by atoms with van der Waals surface area (Å²) in [6, 6.07) is 13.1. The second-order valence-corrected chi connectivity index (χ2v) is 9.79. The third-order valence-corrected chi connectivity index (χ3v) is 7.45. The van der Waals surface area contributed by atoms with E-state index in [0.29, 0.717) is 6.54 Å². The van der Waals surface area contributed by atoms with Crippen molar-refractivity contribution in [3.8, 4) is 11.3 Å². The molecule has 1 atom stereocenters. The van der Waals surface area contributed by atoms with Crippen molar-refractivity contribution in [2.24, 2.45) is 10.1 Å². The minimum absolute atomic E-state index is 0.221. The number of aryl methyl sites for hydroxylation is 3. The van der Waals surface area contributed by atoms with Gasteiger partial charge in [0.15, 0.2) is 0 Å². The van der Waals surface area contributed by atoms with E-state index in [4.69, 9.17) is 14.8 Å². The molecule has 1 unspecified atom stereocenters. The minimum Gasteiger partial charge on any atom is -0.376 e. The average Bonchev–Trinajstić information content (AvgIpc) is 3.50. The Bertz CT molecular complexity index is 1200. The van der Waals surface area contributed by atoms with E-state index in [2.05, 4.69) is 81.3 Å². The zero-order valence-electron chi connectivity index (χ0n) is 21.0. The number of benzene rings is 2. The number of hydrogen-bond acceptors (Lipinski definition) is 5. The van der Waals surface area contributed by atoms with Crippen molar-refractivity contribution < 1.29 is 4.74 Å². The average molecular weight is 477 g/mol. The van der Waals surface area contributed by atoms with E-state index in [0.717, 1.165) is 48.6 Å². The molecule has 0 aliphatic carbocycles. The maximum atomic E-state index is 5.79. The molecular weight excluding hydrogens is 440 g/mol. The quantitative estimate of drug-likeness (QED) is 0.377. The molecular formula is C28H36N4OS. The third kappa shape index (κ3) is 5.50. The van der Waals surface area contributed by atoms with Crippen molar-refractivity contribution in [3.05, 3.63) is 68.8 Å². The lowest BCUT2D eigenvalue weighted by Crippen LogP contribution is -2.21. The summed E-state index contributed by atoms with van der Waals surface area (Å²) >= 11 is 1.64. The predicted molar refractivity (Wildman–Crippen MR) is 144 cm³/mol. The van der Waals surface area contributed by atoms with Crippen molar-refractivity contribution in [1.82, 2.24) is 4.68 Å². The summed E-state index contributed by atoms with van der Waals surface area (Å²) in [5, 5.41) is 7.09. The summed E-state index contributed by atoms with van der Waals surface area (Å²) < 4.78 is 7.79. The van der Waals surface area contributed by atoms with E-state index in [9.17, 15) is 0 Å². The lowest BCUT2D eigenvalue weighted by Gasteiger charge is -2.20. The van der Waals surface area contributed by atoms with Gasteiger partial charge in [-0.3, -0.25) is 4.99 Å². The summed E-state index contributed by atoms with van der Waals surface area (Å²) in [4.78, 5) is 8.16. The molecule has 2 aromatic carbocycles. The third-order valence-electron chi connectivity index (χ3n) is 6.60. The Kier molecular flexibility index (Phi) is 8.01. The van der Waals surface area contributed by atoms with Gasteiger partial charge in [-0.15, -0.1) is 11.3 Å². The minimum atomic E-state index is 0.221. The Labute approximate surface area is 207 Å². The molecule has 4 rings (SSSR count). The van der Waals surface area contributed by atoms with Crippen LogP contribution >= 0.6 is 11.3 Å². The van der Waals surface area contributed by atoms with Gasteiger partial charge < -0.3 is 9.64 Å². The first kappa shape index (κ1) is 24.4. The fraction of sp³-hybridized carbons (Fsp3) is 0.429. The molecule has 6 heteroatoms. The second-order valence-electron chi connectivity index (χ2n) is 8.95. The van der Waals surface area contributed by atoms with E-state index < -0.39 is 0 Å². The smallest absolute Gasteiger partial charge is 0.206 e. The van der Waals surface area contributed by atoms with Crippen LogP contribution in [0.5, 0.6) is 0 Å². The Morgan fingerprint density at radius 1 is 1.06 bits per heavy atom. The maximum absolute atomic E-state index is 5.79. The predicted octanol–water partition coefficient (Wildman–Crippen LogP) is 5.95. The van der Waals surface area contributed by atoms with Crippen LogP contribution < -0.4 is 9.70 Å². The van der Waals surface area contributed by atoms with Gasteiger partial charge in [-0.2, -0.15) is 5.10 Å². The van der Waals surface area contributed by atoms with E-state index in [1.807, 2.05) is 10.9 Å². The van der Waals surface area contributed by atoms with Gasteiger partial charge >= 0.3 is 0 Å². The summed E-state index contributed by atoms with van der Waals surface area (Å²) in [5.41, 5.74) is 8.43. The summed E-state index contributed by atoms with van der Waals surface area (Å²) in [5.74, 6) is 0. The van der Waals surface area contributed by atoms with Gasteiger partial charge in [0.25, 0.3) is 0 Å². The SMILES string of the molecule is CCN(CC)c1ccc(C=Nn2c(-c3cc(C)c(C)cc3C)csc2=NCC2CCCO2)cc1. The molecule has 0 saturated carbocycles. The van der Waals surface area contributed by atoms with Crippen LogP contribution in [0.1, 0.15) is 48.9 Å². The van der Waals surface area contributed by atoms with Gasteiger partial charge in [-0.05, 0) is 87.9 Å². The standard InChI is InChI=1S/C28H36N4OS/c1-6-31(7-2)24-12-10-23(11-13-24)17-30-32-27(26-16-21(4)20(3)15-22(26)5)19-34-28(32)29-18-25-9-8-14-33-25/h10-13,15-17,19,25H,6-9,14,18H2,1-5H3. The molecule has 0 radical (unpaired) electrons. The molecule has 1 aliphatic heterocycles. The van der Waals surface area contributed by atoms with Crippen LogP contribution in [-0.2, 0) is 4.74 Å². The summed E-state index contributed by atoms with van der Waals surface area (Å²) in [6.07, 6.45) is 4.36. The van der Waals surface area contributed by atoms with E-state index in [-0.39, 0.29) is 6.10 Å². The van der Waals surface area contributed by atoms with Crippen LogP contribution in [0, 0.1) is 20.8 Å². The molecule has 1 aromatic heterocycles. The first-order valence-electron chi connectivity index (χ1n) is 12.3. The van der Waals surface area contributed by atoms with Gasteiger partial charge in [0.05, 0.1) is 24.6 Å². The highest BCUT2D eigenvalue weighted by Crippen LogP contribution is 2.27. The Hall–Kier alpha value is -2.70. The monoisotopic (exact) mass is 476 g/mol. The van der Waals surface area contributed by atoms with Gasteiger partial charge in [0, 0.05) is 36.3 Å². The number of anilines is 1. The second kappa shape index (κ2) is 11.2. The fourth-order valence-electron chi connectivity index (χ4n) is 4.39. The topological polar surface area (TPSA) is 42.1 Å². The van der Waals surface area contributed by atoms with Crippen LogP contribution in [0.15, 0.2) is 51.9 Å². The van der Waals surface area contributed by atoms with Gasteiger partial charge in [-0.1, -0.05) is 18.2 Å². The number of rotatable bonds is 8. The van der Waals surface area contributed by atoms with Gasteiger partial charge in [0.2, 0.25) is 4.80 Å². The molecule has 1 aliphatic rings. The van der Waals surface area contributed by atoms with E-state index in [1.54, 1.807) is 11.3 Å². The molecule has 0 N–H and O–H groups in total. The highest BCUT2D eigenvalue weighted by Gasteiger charge is 2.16. The highest BCUT2D eigenvalue weighted by molar-refractivity contribution is 7.07. The number of ether oxygens (including phenoxy) is 1. The number of nitrogens with zero attached hydrogens (tertiary/aromatic N) is 4. The normalized spacial score (nSPS) is 16.6. The molecule has 34 heavy (non-hydrogen) atoms. The molecule has 5 nitrogen and oxygen atoms in total. The Morgan fingerprint density at radius 2 is 1.79 bits per heavy atom. The molecule has 0 amide bonds. The van der Waals surface area contributed by atoms with Crippen LogP contribution in [0.4, 0.5) is 5.69 Å². The van der Waals surface area contributed by atoms with Crippen molar-refractivity contribution >= 4 is 23.2 Å². The Morgan fingerprint density at radius 3 is 2.47 bits per heavy atom. The molecule has 2 heterocycles. The van der Waals surface area contributed by atoms with E-state index >= 15 is 0 Å². The molecule has 1 saturated heterocycles. The number of aromatic nitrogens is 1. The highest BCUT2D eigenvalue weighted by atomic mass is 32.1. The van der Waals surface area contributed by atoms with Gasteiger partial charge in [0.1, 0.15) is 0 Å². The molecule has 0 spiro atoms. The summed E-state index contributed by atoms with van der Waals surface area (Å²) in [6.45, 7) is 14.4. The number of thiazole rings is 1. The molecule has 0 bridgehead atoms. The first-order valence-corrected chi connectivity index (χ1v) is 13.2. The Balaban J connectivity index is 1.71. The van der Waals surface area contributed by atoms with Crippen molar-refractivity contribution in [2.75, 3.05) is 31.1 Å². The fourth-order valence-corrected chi connectivity index (χ4v) is 5.23. The molecule has 180 valence electrons.